The van der Waals surface area contributed by atoms with Crippen molar-refractivity contribution in [2.24, 2.45) is 16.8 Å². The van der Waals surface area contributed by atoms with Crippen LogP contribution in [0.2, 0.25) is 0 Å². The van der Waals surface area contributed by atoms with Gasteiger partial charge in [-0.2, -0.15) is 0 Å². The molecule has 1 aromatic heterocycles. The fraction of sp³-hybridized carbons (Fsp3) is 0.538. The highest BCUT2D eigenvalue weighted by Gasteiger charge is 2.25. The molecule has 2 fully saturated rings. The smallest absolute Gasteiger partial charge is 0.258 e. The number of carbonyl (C=O) groups is 1. The fourth-order valence-electron chi connectivity index (χ4n) is 4.87. The molecule has 2 aliphatic carbocycles. The standard InChI is InChI=1S/C26H33F2N5O/c1-17-3-8-20(9-4-17)31-26(33-25(34)19-7-12-22(27)23(28)16-19)32-21-10-5-18(6-11-21)15-24-29-13-2-14-30-24/h2,7,12-14,16-18,20-21H,3-6,8-11,15H2,1H3,(H2,31,32,33,34). The summed E-state index contributed by atoms with van der Waals surface area (Å²) in [6.45, 7) is 2.25. The zero-order valence-corrected chi connectivity index (χ0v) is 19.6. The number of nitrogens with zero attached hydrogens (tertiary/aromatic N) is 3. The Labute approximate surface area is 199 Å². The number of hydrogen-bond donors (Lipinski definition) is 2. The van der Waals surface area contributed by atoms with Crippen LogP contribution in [-0.2, 0) is 6.42 Å². The lowest BCUT2D eigenvalue weighted by atomic mass is 9.84. The number of rotatable bonds is 5. The largest absolute Gasteiger partial charge is 0.353 e. The van der Waals surface area contributed by atoms with E-state index in [-0.39, 0.29) is 17.6 Å². The van der Waals surface area contributed by atoms with Gasteiger partial charge in [0, 0.05) is 30.4 Å². The first-order valence-corrected chi connectivity index (χ1v) is 12.3. The Morgan fingerprint density at radius 3 is 2.38 bits per heavy atom. The monoisotopic (exact) mass is 469 g/mol. The summed E-state index contributed by atoms with van der Waals surface area (Å²) in [7, 11) is 0. The van der Waals surface area contributed by atoms with Gasteiger partial charge in [0.2, 0.25) is 0 Å². The van der Waals surface area contributed by atoms with Crippen molar-refractivity contribution in [3.05, 3.63) is 59.7 Å². The van der Waals surface area contributed by atoms with Gasteiger partial charge in [-0.25, -0.2) is 23.7 Å². The third-order valence-electron chi connectivity index (χ3n) is 6.99. The van der Waals surface area contributed by atoms with E-state index in [1.165, 1.54) is 6.07 Å². The highest BCUT2D eigenvalue weighted by atomic mass is 19.2. The van der Waals surface area contributed by atoms with Crippen LogP contribution in [0.1, 0.15) is 74.5 Å². The highest BCUT2D eigenvalue weighted by molar-refractivity contribution is 6.05. The van der Waals surface area contributed by atoms with Gasteiger partial charge in [-0.3, -0.25) is 10.1 Å². The molecule has 8 heteroatoms. The summed E-state index contributed by atoms with van der Waals surface area (Å²) < 4.78 is 26.9. The van der Waals surface area contributed by atoms with Crippen LogP contribution in [0.25, 0.3) is 0 Å². The number of aromatic nitrogens is 2. The van der Waals surface area contributed by atoms with E-state index < -0.39 is 17.5 Å². The second-order valence-corrected chi connectivity index (χ2v) is 9.71. The minimum Gasteiger partial charge on any atom is -0.353 e. The predicted molar refractivity (Wildman–Crippen MR) is 127 cm³/mol. The van der Waals surface area contributed by atoms with Crippen molar-refractivity contribution < 1.29 is 13.6 Å². The van der Waals surface area contributed by atoms with Crippen molar-refractivity contribution in [2.75, 3.05) is 0 Å². The van der Waals surface area contributed by atoms with Crippen molar-refractivity contribution >= 4 is 11.9 Å². The molecular formula is C26H33F2N5O. The van der Waals surface area contributed by atoms with Gasteiger partial charge >= 0.3 is 0 Å². The van der Waals surface area contributed by atoms with Crippen LogP contribution >= 0.6 is 0 Å². The van der Waals surface area contributed by atoms with Crippen LogP contribution in [-0.4, -0.2) is 33.9 Å². The SMILES string of the molecule is CC1CCC(N=C(NC(=O)c2ccc(F)c(F)c2)NC2CCC(Cc3ncccn3)CC2)CC1. The van der Waals surface area contributed by atoms with Crippen LogP contribution in [0.15, 0.2) is 41.7 Å². The van der Waals surface area contributed by atoms with Gasteiger partial charge in [0.1, 0.15) is 5.82 Å². The molecule has 1 aromatic carbocycles. The van der Waals surface area contributed by atoms with Gasteiger partial charge in [-0.05, 0) is 87.5 Å². The van der Waals surface area contributed by atoms with Crippen LogP contribution in [0, 0.1) is 23.5 Å². The minimum absolute atomic E-state index is 0.0669. The molecule has 4 rings (SSSR count). The Bertz CT molecular complexity index is 984. The summed E-state index contributed by atoms with van der Waals surface area (Å²) >= 11 is 0. The van der Waals surface area contributed by atoms with Crippen molar-refractivity contribution in [3.8, 4) is 0 Å². The lowest BCUT2D eigenvalue weighted by Gasteiger charge is -2.31. The quantitative estimate of drug-likeness (QED) is 0.487. The molecule has 0 spiro atoms. The predicted octanol–water partition coefficient (Wildman–Crippen LogP) is 4.81. The van der Waals surface area contributed by atoms with Crippen LogP contribution in [0.4, 0.5) is 8.78 Å². The Balaban J connectivity index is 1.39. The molecule has 0 unspecified atom stereocenters. The molecule has 182 valence electrons. The summed E-state index contributed by atoms with van der Waals surface area (Å²) in [6, 6.07) is 5.34. The van der Waals surface area contributed by atoms with Gasteiger partial charge in [-0.1, -0.05) is 6.92 Å². The van der Waals surface area contributed by atoms with E-state index in [4.69, 9.17) is 4.99 Å². The number of halogens is 2. The zero-order chi connectivity index (χ0) is 23.9. The van der Waals surface area contributed by atoms with Crippen molar-refractivity contribution in [3.63, 3.8) is 0 Å². The first kappa shape index (κ1) is 24.2. The van der Waals surface area contributed by atoms with Gasteiger partial charge < -0.3 is 5.32 Å². The first-order valence-electron chi connectivity index (χ1n) is 12.3. The number of nitrogens with one attached hydrogen (secondary N) is 2. The maximum atomic E-state index is 13.6. The van der Waals surface area contributed by atoms with Crippen molar-refractivity contribution in [1.82, 2.24) is 20.6 Å². The molecule has 0 aliphatic heterocycles. The molecule has 34 heavy (non-hydrogen) atoms. The third-order valence-corrected chi connectivity index (χ3v) is 6.99. The molecule has 6 nitrogen and oxygen atoms in total. The van der Waals surface area contributed by atoms with E-state index in [1.807, 2.05) is 6.07 Å². The summed E-state index contributed by atoms with van der Waals surface area (Å²) in [5.74, 6) is 0.0412. The molecule has 0 atom stereocenters. The Kier molecular flexibility index (Phi) is 8.19. The number of benzene rings is 1. The van der Waals surface area contributed by atoms with Gasteiger partial charge in [0.25, 0.3) is 5.91 Å². The second-order valence-electron chi connectivity index (χ2n) is 9.71. The fourth-order valence-corrected chi connectivity index (χ4v) is 4.87. The summed E-state index contributed by atoms with van der Waals surface area (Å²) in [4.78, 5) is 26.3. The highest BCUT2D eigenvalue weighted by Crippen LogP contribution is 2.28. The van der Waals surface area contributed by atoms with Crippen molar-refractivity contribution in [2.45, 2.75) is 76.8 Å². The van der Waals surface area contributed by atoms with Gasteiger partial charge in [-0.15, -0.1) is 0 Å². The summed E-state index contributed by atoms with van der Waals surface area (Å²) in [5, 5.41) is 6.27. The number of aliphatic imine (C=N–C) groups is 1. The Morgan fingerprint density at radius 2 is 1.71 bits per heavy atom. The van der Waals surface area contributed by atoms with Crippen LogP contribution < -0.4 is 10.6 Å². The lowest BCUT2D eigenvalue weighted by molar-refractivity contribution is 0.0974. The second kappa shape index (κ2) is 11.5. The van der Waals surface area contributed by atoms with Crippen LogP contribution in [0.5, 0.6) is 0 Å². The normalized spacial score (nSPS) is 25.6. The summed E-state index contributed by atoms with van der Waals surface area (Å²) in [5.41, 5.74) is 0.0669. The molecule has 2 aliphatic rings. The number of carbonyl (C=O) groups excluding carboxylic acids is 1. The molecule has 2 aromatic rings. The molecule has 1 amide bonds. The van der Waals surface area contributed by atoms with E-state index in [0.717, 1.165) is 75.7 Å². The van der Waals surface area contributed by atoms with Gasteiger partial charge in [0.15, 0.2) is 17.6 Å². The van der Waals surface area contributed by atoms with Crippen LogP contribution in [0.3, 0.4) is 0 Å². The van der Waals surface area contributed by atoms with E-state index >= 15 is 0 Å². The molecular weight excluding hydrogens is 436 g/mol. The first-order chi connectivity index (χ1) is 16.5. The molecule has 0 radical (unpaired) electrons. The Morgan fingerprint density at radius 1 is 1.00 bits per heavy atom. The lowest BCUT2D eigenvalue weighted by Crippen LogP contribution is -2.47. The molecule has 2 N–H and O–H groups in total. The van der Waals surface area contributed by atoms with Gasteiger partial charge in [0.05, 0.1) is 6.04 Å². The molecule has 0 saturated heterocycles. The number of amides is 1. The number of guanidine groups is 1. The number of hydrogen-bond acceptors (Lipinski definition) is 4. The topological polar surface area (TPSA) is 79.3 Å². The zero-order valence-electron chi connectivity index (χ0n) is 19.6. The van der Waals surface area contributed by atoms with Crippen molar-refractivity contribution in [1.29, 1.82) is 0 Å². The molecule has 1 heterocycles. The molecule has 2 saturated carbocycles. The van der Waals surface area contributed by atoms with E-state index in [1.54, 1.807) is 12.4 Å². The maximum absolute atomic E-state index is 13.6. The molecule has 0 bridgehead atoms. The van der Waals surface area contributed by atoms with E-state index in [2.05, 4.69) is 27.5 Å². The summed E-state index contributed by atoms with van der Waals surface area (Å²) in [6.07, 6.45) is 12.6. The third kappa shape index (κ3) is 6.81. The minimum atomic E-state index is -1.04. The van der Waals surface area contributed by atoms with E-state index in [0.29, 0.717) is 17.8 Å². The van der Waals surface area contributed by atoms with E-state index in [9.17, 15) is 13.6 Å². The maximum Gasteiger partial charge on any atom is 0.258 e. The average molecular weight is 470 g/mol. The average Bonchev–Trinajstić information content (AvgIpc) is 2.84. The Hall–Kier alpha value is -2.90.